The van der Waals surface area contributed by atoms with Gasteiger partial charge in [0.1, 0.15) is 5.65 Å². The van der Waals surface area contributed by atoms with Gasteiger partial charge in [0, 0.05) is 17.4 Å². The Morgan fingerprint density at radius 3 is 2.37 bits per heavy atom. The molecule has 0 saturated carbocycles. The van der Waals surface area contributed by atoms with Crippen molar-refractivity contribution >= 4 is 41.0 Å². The second-order valence-electron chi connectivity index (χ2n) is 4.16. The molecular weight excluding hydrogens is 279 g/mol. The summed E-state index contributed by atoms with van der Waals surface area (Å²) in [6, 6.07) is 11.4. The average molecular weight is 289 g/mol. The SMILES string of the molecule is Clc1ccc(/C=C/c2cn3cc(Cl)ccc3n2)cc1. The quantitative estimate of drug-likeness (QED) is 0.661. The number of fused-ring (bicyclic) bond motifs is 1. The molecule has 0 radical (unpaired) electrons. The topological polar surface area (TPSA) is 17.3 Å². The molecular formula is C15H10Cl2N2. The molecule has 2 heterocycles. The van der Waals surface area contributed by atoms with Crippen molar-refractivity contribution in [3.8, 4) is 0 Å². The molecule has 3 aromatic rings. The Kier molecular flexibility index (Phi) is 3.28. The number of nitrogens with zero attached hydrogens (tertiary/aromatic N) is 2. The van der Waals surface area contributed by atoms with Crippen LogP contribution < -0.4 is 0 Å². The lowest BCUT2D eigenvalue weighted by atomic mass is 10.2. The Bertz CT molecular complexity index is 742. The van der Waals surface area contributed by atoms with Gasteiger partial charge >= 0.3 is 0 Å². The summed E-state index contributed by atoms with van der Waals surface area (Å²) in [6.07, 6.45) is 7.74. The first-order valence-corrected chi connectivity index (χ1v) is 6.54. The van der Waals surface area contributed by atoms with E-state index in [1.54, 1.807) is 0 Å². The van der Waals surface area contributed by atoms with Crippen molar-refractivity contribution in [2.45, 2.75) is 0 Å². The standard InChI is InChI=1S/C15H10Cl2N2/c16-12-4-1-11(2-5-12)3-7-14-10-19-9-13(17)6-8-15(19)18-14/h1-10H/b7-3+. The predicted octanol–water partition coefficient (Wildman–Crippen LogP) is 4.81. The normalized spacial score (nSPS) is 11.5. The number of pyridine rings is 1. The van der Waals surface area contributed by atoms with Gasteiger partial charge in [0.15, 0.2) is 0 Å². The Morgan fingerprint density at radius 1 is 0.842 bits per heavy atom. The lowest BCUT2D eigenvalue weighted by molar-refractivity contribution is 1.19. The third kappa shape index (κ3) is 2.80. The van der Waals surface area contributed by atoms with Crippen LogP contribution in [0.5, 0.6) is 0 Å². The van der Waals surface area contributed by atoms with Gasteiger partial charge in [0.2, 0.25) is 0 Å². The third-order valence-corrected chi connectivity index (χ3v) is 3.23. The maximum atomic E-state index is 5.94. The molecule has 0 bridgehead atoms. The van der Waals surface area contributed by atoms with Crippen LogP contribution in [0.15, 0.2) is 48.8 Å². The van der Waals surface area contributed by atoms with Gasteiger partial charge in [-0.3, -0.25) is 0 Å². The van der Waals surface area contributed by atoms with Crippen LogP contribution >= 0.6 is 23.2 Å². The maximum Gasteiger partial charge on any atom is 0.137 e. The predicted molar refractivity (Wildman–Crippen MR) is 80.6 cm³/mol. The summed E-state index contributed by atoms with van der Waals surface area (Å²) in [4.78, 5) is 4.48. The van der Waals surface area contributed by atoms with Crippen molar-refractivity contribution in [1.29, 1.82) is 0 Å². The van der Waals surface area contributed by atoms with E-state index >= 15 is 0 Å². The van der Waals surface area contributed by atoms with Gasteiger partial charge in [-0.25, -0.2) is 4.98 Å². The number of benzene rings is 1. The zero-order chi connectivity index (χ0) is 13.2. The van der Waals surface area contributed by atoms with Crippen LogP contribution in [0.25, 0.3) is 17.8 Å². The Labute approximate surface area is 120 Å². The van der Waals surface area contributed by atoms with Crippen LogP contribution in [0.3, 0.4) is 0 Å². The molecule has 1 aromatic carbocycles. The lowest BCUT2D eigenvalue weighted by Crippen LogP contribution is -1.79. The average Bonchev–Trinajstić information content (AvgIpc) is 2.80. The highest BCUT2D eigenvalue weighted by atomic mass is 35.5. The molecule has 0 saturated heterocycles. The number of imidazole rings is 1. The van der Waals surface area contributed by atoms with E-state index in [1.807, 2.05) is 65.3 Å². The molecule has 0 fully saturated rings. The zero-order valence-corrected chi connectivity index (χ0v) is 11.4. The van der Waals surface area contributed by atoms with Gasteiger partial charge in [-0.2, -0.15) is 0 Å². The summed E-state index contributed by atoms with van der Waals surface area (Å²) in [5, 5.41) is 1.43. The number of hydrogen-bond donors (Lipinski definition) is 0. The van der Waals surface area contributed by atoms with Crippen molar-refractivity contribution in [2.24, 2.45) is 0 Å². The van der Waals surface area contributed by atoms with E-state index in [2.05, 4.69) is 4.98 Å². The van der Waals surface area contributed by atoms with Crippen LogP contribution in [-0.2, 0) is 0 Å². The molecule has 0 aliphatic heterocycles. The maximum absolute atomic E-state index is 5.94. The van der Waals surface area contributed by atoms with Crippen LogP contribution in [0.2, 0.25) is 10.0 Å². The lowest BCUT2D eigenvalue weighted by Gasteiger charge is -1.92. The van der Waals surface area contributed by atoms with E-state index in [4.69, 9.17) is 23.2 Å². The molecule has 4 heteroatoms. The Balaban J connectivity index is 1.90. The van der Waals surface area contributed by atoms with Gasteiger partial charge in [0.25, 0.3) is 0 Å². The highest BCUT2D eigenvalue weighted by Crippen LogP contribution is 2.15. The molecule has 0 atom stereocenters. The number of rotatable bonds is 2. The van der Waals surface area contributed by atoms with E-state index in [1.165, 1.54) is 0 Å². The monoisotopic (exact) mass is 288 g/mol. The summed E-state index contributed by atoms with van der Waals surface area (Å²) in [5.41, 5.74) is 2.84. The molecule has 3 rings (SSSR count). The molecule has 0 aliphatic rings. The number of hydrogen-bond acceptors (Lipinski definition) is 1. The summed E-state index contributed by atoms with van der Waals surface area (Å²) < 4.78 is 1.91. The first kappa shape index (κ1) is 12.3. The highest BCUT2D eigenvalue weighted by molar-refractivity contribution is 6.30. The molecule has 94 valence electrons. The fourth-order valence-electron chi connectivity index (χ4n) is 1.82. The zero-order valence-electron chi connectivity index (χ0n) is 9.92. The van der Waals surface area contributed by atoms with Crippen molar-refractivity contribution < 1.29 is 0 Å². The van der Waals surface area contributed by atoms with Gasteiger partial charge < -0.3 is 4.40 Å². The minimum Gasteiger partial charge on any atom is -0.305 e. The van der Waals surface area contributed by atoms with Gasteiger partial charge in [-0.15, -0.1) is 0 Å². The van der Waals surface area contributed by atoms with E-state index in [0.717, 1.165) is 21.9 Å². The minimum atomic E-state index is 0.693. The minimum absolute atomic E-state index is 0.693. The van der Waals surface area contributed by atoms with E-state index in [-0.39, 0.29) is 0 Å². The number of aromatic nitrogens is 2. The molecule has 2 nitrogen and oxygen atoms in total. The van der Waals surface area contributed by atoms with Gasteiger partial charge in [-0.1, -0.05) is 41.4 Å². The molecule has 0 aliphatic carbocycles. The Hall–Kier alpha value is -1.77. The fourth-order valence-corrected chi connectivity index (χ4v) is 2.11. The molecule has 2 aromatic heterocycles. The Morgan fingerprint density at radius 2 is 1.58 bits per heavy atom. The molecule has 19 heavy (non-hydrogen) atoms. The van der Waals surface area contributed by atoms with E-state index in [0.29, 0.717) is 5.02 Å². The van der Waals surface area contributed by atoms with Crippen LogP contribution in [-0.4, -0.2) is 9.38 Å². The first-order chi connectivity index (χ1) is 9.20. The third-order valence-electron chi connectivity index (χ3n) is 2.75. The molecule has 0 amide bonds. The molecule has 0 spiro atoms. The molecule has 0 N–H and O–H groups in total. The smallest absolute Gasteiger partial charge is 0.137 e. The largest absolute Gasteiger partial charge is 0.305 e. The van der Waals surface area contributed by atoms with Gasteiger partial charge in [-0.05, 0) is 35.9 Å². The fraction of sp³-hybridized carbons (Fsp3) is 0. The van der Waals surface area contributed by atoms with Crippen molar-refractivity contribution in [1.82, 2.24) is 9.38 Å². The van der Waals surface area contributed by atoms with Crippen molar-refractivity contribution in [3.63, 3.8) is 0 Å². The van der Waals surface area contributed by atoms with Crippen LogP contribution in [0.4, 0.5) is 0 Å². The summed E-state index contributed by atoms with van der Waals surface area (Å²) in [7, 11) is 0. The van der Waals surface area contributed by atoms with Crippen molar-refractivity contribution in [2.75, 3.05) is 0 Å². The second kappa shape index (κ2) is 5.08. The molecule has 0 unspecified atom stereocenters. The van der Waals surface area contributed by atoms with Crippen LogP contribution in [0.1, 0.15) is 11.3 Å². The van der Waals surface area contributed by atoms with Crippen molar-refractivity contribution in [3.05, 3.63) is 70.1 Å². The number of halogens is 2. The van der Waals surface area contributed by atoms with E-state index < -0.39 is 0 Å². The summed E-state index contributed by atoms with van der Waals surface area (Å²) in [6.45, 7) is 0. The summed E-state index contributed by atoms with van der Waals surface area (Å²) >= 11 is 11.8. The highest BCUT2D eigenvalue weighted by Gasteiger charge is 1.98. The second-order valence-corrected chi connectivity index (χ2v) is 5.04. The van der Waals surface area contributed by atoms with Gasteiger partial charge in [0.05, 0.1) is 10.7 Å². The summed E-state index contributed by atoms with van der Waals surface area (Å²) in [5.74, 6) is 0. The first-order valence-electron chi connectivity index (χ1n) is 5.79. The van der Waals surface area contributed by atoms with Crippen LogP contribution in [0, 0.1) is 0 Å². The van der Waals surface area contributed by atoms with E-state index in [9.17, 15) is 0 Å².